The molecule has 0 fully saturated rings. The van der Waals surface area contributed by atoms with Crippen LogP contribution in [0.2, 0.25) is 0 Å². The smallest absolute Gasteiger partial charge is 0.0998 e. The van der Waals surface area contributed by atoms with Crippen molar-refractivity contribution < 1.29 is 0 Å². The van der Waals surface area contributed by atoms with Gasteiger partial charge in [0.25, 0.3) is 0 Å². The van der Waals surface area contributed by atoms with E-state index in [1.807, 2.05) is 24.3 Å². The van der Waals surface area contributed by atoms with Gasteiger partial charge in [0.2, 0.25) is 0 Å². The minimum atomic E-state index is 0.461. The Morgan fingerprint density at radius 2 is 0.929 bits per heavy atom. The summed E-state index contributed by atoms with van der Waals surface area (Å²) < 4.78 is 4.69. The van der Waals surface area contributed by atoms with Gasteiger partial charge in [-0.15, -0.1) is 0 Å². The number of nitriles is 2. The summed E-state index contributed by atoms with van der Waals surface area (Å²) in [6, 6.07) is 64.2. The second-order valence-electron chi connectivity index (χ2n) is 14.5. The van der Waals surface area contributed by atoms with E-state index in [4.69, 9.17) is 0 Å². The summed E-state index contributed by atoms with van der Waals surface area (Å²) in [5.41, 5.74) is 15.5. The van der Waals surface area contributed by atoms with Crippen LogP contribution >= 0.6 is 0 Å². The Hall–Kier alpha value is -7.66. The highest BCUT2D eigenvalue weighted by Gasteiger charge is 2.24. The number of hydrogen-bond acceptors (Lipinski definition) is 2. The molecule has 0 amide bonds. The molecular formula is C52H34N4. The zero-order chi connectivity index (χ0) is 37.9. The van der Waals surface area contributed by atoms with E-state index in [0.29, 0.717) is 16.7 Å². The van der Waals surface area contributed by atoms with Crippen LogP contribution in [0.15, 0.2) is 170 Å². The highest BCUT2D eigenvalue weighted by Crippen LogP contribution is 2.45. The molecule has 0 bridgehead atoms. The lowest BCUT2D eigenvalue weighted by Gasteiger charge is -2.19. The van der Waals surface area contributed by atoms with Gasteiger partial charge in [-0.25, -0.2) is 0 Å². The van der Waals surface area contributed by atoms with E-state index in [-0.39, 0.29) is 0 Å². The van der Waals surface area contributed by atoms with Crippen molar-refractivity contribution in [3.8, 4) is 56.9 Å². The summed E-state index contributed by atoms with van der Waals surface area (Å²) in [5, 5.41) is 25.6. The SMILES string of the molecule is Cc1cccc(C)c1-n1c2ccccc2c2cc(-n3c4ccc(-c5ccccc5)cc4c4cc(-c5ccccc5)ccc43)cc(-c3c(C#N)cccc3C#N)c21. The molecule has 0 aliphatic rings. The molecule has 0 saturated carbocycles. The average Bonchev–Trinajstić information content (AvgIpc) is 3.75. The third-order valence-corrected chi connectivity index (χ3v) is 11.2. The molecule has 4 heteroatoms. The van der Waals surface area contributed by atoms with Gasteiger partial charge >= 0.3 is 0 Å². The van der Waals surface area contributed by atoms with Gasteiger partial charge < -0.3 is 9.13 Å². The van der Waals surface area contributed by atoms with E-state index in [0.717, 1.165) is 93.9 Å². The van der Waals surface area contributed by atoms with Crippen LogP contribution in [0.4, 0.5) is 0 Å². The van der Waals surface area contributed by atoms with Gasteiger partial charge in [-0.3, -0.25) is 0 Å². The van der Waals surface area contributed by atoms with Gasteiger partial charge in [0.05, 0.1) is 51.0 Å². The van der Waals surface area contributed by atoms with Gasteiger partial charge in [0.1, 0.15) is 0 Å². The Morgan fingerprint density at radius 1 is 0.411 bits per heavy atom. The summed E-state index contributed by atoms with van der Waals surface area (Å²) in [7, 11) is 0. The molecular weight excluding hydrogens is 681 g/mol. The number of benzene rings is 8. The summed E-state index contributed by atoms with van der Waals surface area (Å²) in [5.74, 6) is 0. The Kier molecular flexibility index (Phi) is 7.66. The molecule has 262 valence electrons. The standard InChI is InChI=1S/C52H34N4/c1-33-13-11-14-34(2)51(33)56-47-22-10-9-21-42(47)45-29-41(30-46(52(45)56)50-39(31-53)19-12-20-40(50)32-54)55-48-25-23-37(35-15-5-3-6-16-35)27-43(48)44-28-38(24-26-49(44)55)36-17-7-4-8-18-36/h3-30H,1-2H3. The molecule has 0 radical (unpaired) electrons. The van der Waals surface area contributed by atoms with E-state index < -0.39 is 0 Å². The van der Waals surface area contributed by atoms with Crippen molar-refractivity contribution in [2.24, 2.45) is 0 Å². The molecule has 0 N–H and O–H groups in total. The van der Waals surface area contributed by atoms with Gasteiger partial charge in [-0.1, -0.05) is 115 Å². The molecule has 0 aliphatic heterocycles. The lowest BCUT2D eigenvalue weighted by atomic mass is 9.92. The lowest BCUT2D eigenvalue weighted by Crippen LogP contribution is -2.03. The first-order valence-electron chi connectivity index (χ1n) is 18.8. The van der Waals surface area contributed by atoms with E-state index in [9.17, 15) is 10.5 Å². The molecule has 0 saturated heterocycles. The van der Waals surface area contributed by atoms with Crippen molar-refractivity contribution >= 4 is 43.6 Å². The van der Waals surface area contributed by atoms with Crippen LogP contribution in [0.5, 0.6) is 0 Å². The maximum Gasteiger partial charge on any atom is 0.0998 e. The average molecular weight is 715 g/mol. The number of aryl methyl sites for hydroxylation is 2. The van der Waals surface area contributed by atoms with Crippen LogP contribution in [-0.2, 0) is 0 Å². The van der Waals surface area contributed by atoms with Gasteiger partial charge in [0, 0.05) is 38.4 Å². The lowest BCUT2D eigenvalue weighted by molar-refractivity contribution is 1.12. The number of para-hydroxylation sites is 2. The fourth-order valence-corrected chi connectivity index (χ4v) is 8.74. The molecule has 10 rings (SSSR count). The number of hydrogen-bond donors (Lipinski definition) is 0. The summed E-state index contributed by atoms with van der Waals surface area (Å²) in [4.78, 5) is 0. The summed E-state index contributed by atoms with van der Waals surface area (Å²) >= 11 is 0. The van der Waals surface area contributed by atoms with Crippen LogP contribution in [0.3, 0.4) is 0 Å². The van der Waals surface area contributed by atoms with Crippen molar-refractivity contribution in [2.45, 2.75) is 13.8 Å². The minimum absolute atomic E-state index is 0.461. The highest BCUT2D eigenvalue weighted by molar-refractivity contribution is 6.17. The van der Waals surface area contributed by atoms with Crippen molar-refractivity contribution in [3.63, 3.8) is 0 Å². The predicted octanol–water partition coefficient (Wildman–Crippen LogP) is 13.2. The second kappa shape index (κ2) is 13.0. The molecule has 0 atom stereocenters. The first-order chi connectivity index (χ1) is 27.5. The van der Waals surface area contributed by atoms with Crippen molar-refractivity contribution in [1.82, 2.24) is 9.13 Å². The maximum atomic E-state index is 10.6. The summed E-state index contributed by atoms with van der Waals surface area (Å²) in [6.45, 7) is 4.29. The Bertz CT molecular complexity index is 3130. The molecule has 2 aromatic heterocycles. The zero-order valence-corrected chi connectivity index (χ0v) is 31.0. The number of aromatic nitrogens is 2. The van der Waals surface area contributed by atoms with Crippen molar-refractivity contribution in [1.29, 1.82) is 10.5 Å². The molecule has 0 aliphatic carbocycles. The van der Waals surface area contributed by atoms with Crippen LogP contribution in [0.25, 0.3) is 88.4 Å². The molecule has 0 spiro atoms. The normalized spacial score (nSPS) is 11.4. The third kappa shape index (κ3) is 5.05. The van der Waals surface area contributed by atoms with E-state index in [1.54, 1.807) is 6.07 Å². The van der Waals surface area contributed by atoms with Crippen LogP contribution in [-0.4, -0.2) is 9.13 Å². The fourth-order valence-electron chi connectivity index (χ4n) is 8.74. The van der Waals surface area contributed by atoms with Crippen molar-refractivity contribution in [2.75, 3.05) is 0 Å². The predicted molar refractivity (Wildman–Crippen MR) is 230 cm³/mol. The Labute approximate surface area is 325 Å². The van der Waals surface area contributed by atoms with Gasteiger partial charge in [-0.05, 0) is 102 Å². The topological polar surface area (TPSA) is 57.4 Å². The molecule has 8 aromatic carbocycles. The summed E-state index contributed by atoms with van der Waals surface area (Å²) in [6.07, 6.45) is 0. The van der Waals surface area contributed by atoms with E-state index >= 15 is 0 Å². The quantitative estimate of drug-likeness (QED) is 0.178. The van der Waals surface area contributed by atoms with Gasteiger partial charge in [-0.2, -0.15) is 10.5 Å². The third-order valence-electron chi connectivity index (χ3n) is 11.2. The Balaban J connectivity index is 1.37. The number of rotatable bonds is 5. The Morgan fingerprint density at radius 3 is 1.50 bits per heavy atom. The van der Waals surface area contributed by atoms with E-state index in [1.165, 1.54) is 0 Å². The van der Waals surface area contributed by atoms with E-state index in [2.05, 4.69) is 175 Å². The molecule has 2 heterocycles. The maximum absolute atomic E-state index is 10.6. The molecule has 4 nitrogen and oxygen atoms in total. The number of nitrogens with zero attached hydrogens (tertiary/aromatic N) is 4. The first-order valence-corrected chi connectivity index (χ1v) is 18.8. The number of fused-ring (bicyclic) bond motifs is 6. The van der Waals surface area contributed by atoms with Crippen LogP contribution < -0.4 is 0 Å². The second-order valence-corrected chi connectivity index (χ2v) is 14.5. The van der Waals surface area contributed by atoms with Crippen molar-refractivity contribution in [3.05, 3.63) is 192 Å². The highest BCUT2D eigenvalue weighted by atomic mass is 15.0. The first kappa shape index (κ1) is 32.9. The fraction of sp³-hybridized carbons (Fsp3) is 0.0385. The minimum Gasteiger partial charge on any atom is -0.309 e. The van der Waals surface area contributed by atoms with Crippen LogP contribution in [0.1, 0.15) is 22.3 Å². The van der Waals surface area contributed by atoms with Gasteiger partial charge in [0.15, 0.2) is 0 Å². The zero-order valence-electron chi connectivity index (χ0n) is 31.0. The molecule has 56 heavy (non-hydrogen) atoms. The monoisotopic (exact) mass is 714 g/mol. The largest absolute Gasteiger partial charge is 0.309 e. The molecule has 0 unspecified atom stereocenters. The molecule has 10 aromatic rings. The van der Waals surface area contributed by atoms with Crippen LogP contribution in [0, 0.1) is 36.5 Å².